The molecule has 2 fully saturated rings. The third-order valence-electron chi connectivity index (χ3n) is 6.52. The number of hydrogen-bond acceptors (Lipinski definition) is 14. The summed E-state index contributed by atoms with van der Waals surface area (Å²) in [5, 5.41) is 40.4. The zero-order valence-electron chi connectivity index (χ0n) is 21.7. The van der Waals surface area contributed by atoms with E-state index in [0.717, 1.165) is 23.5 Å². The molecule has 9 N–H and O–H groups in total. The molecule has 1 saturated heterocycles. The number of nitrogens with one attached hydrogen (secondary N) is 3. The van der Waals surface area contributed by atoms with Crippen LogP contribution in [-0.4, -0.2) is 96.2 Å². The van der Waals surface area contributed by atoms with E-state index in [1.807, 2.05) is 0 Å². The molecule has 2 aromatic heterocycles. The van der Waals surface area contributed by atoms with Crippen LogP contribution in [-0.2, 0) is 36.1 Å². The SMILES string of the molecule is Nc1nc(/C(=N/OC2(C(=O)O)CCC2)C(=O)N[C@@H]2C(=O)N(S(=O)(=O)O)[C@@H]2CNC(=O)NCc2cc(=O)cc(O)n2O)cs1. The maximum absolute atomic E-state index is 13.2. The van der Waals surface area contributed by atoms with Gasteiger partial charge in [-0.3, -0.25) is 18.9 Å². The van der Waals surface area contributed by atoms with Crippen LogP contribution in [0, 0.1) is 0 Å². The Kier molecular flexibility index (Phi) is 8.45. The van der Waals surface area contributed by atoms with Crippen molar-refractivity contribution in [2.24, 2.45) is 5.16 Å². The van der Waals surface area contributed by atoms with E-state index in [1.54, 1.807) is 0 Å². The van der Waals surface area contributed by atoms with Gasteiger partial charge < -0.3 is 41.9 Å². The van der Waals surface area contributed by atoms with Crippen LogP contribution in [0.2, 0.25) is 0 Å². The van der Waals surface area contributed by atoms with Crippen LogP contribution in [0.5, 0.6) is 5.88 Å². The van der Waals surface area contributed by atoms with Crippen LogP contribution >= 0.6 is 11.3 Å². The van der Waals surface area contributed by atoms with Gasteiger partial charge in [0.05, 0.1) is 18.3 Å². The number of amides is 4. The third kappa shape index (κ3) is 6.44. The lowest BCUT2D eigenvalue weighted by atomic mass is 9.80. The zero-order valence-corrected chi connectivity index (χ0v) is 23.3. The molecule has 3 heterocycles. The summed E-state index contributed by atoms with van der Waals surface area (Å²) in [7, 11) is -5.14. The van der Waals surface area contributed by atoms with Crippen molar-refractivity contribution in [1.29, 1.82) is 0 Å². The number of thiazole rings is 1. The van der Waals surface area contributed by atoms with Gasteiger partial charge in [0.15, 0.2) is 16.3 Å². The first-order valence-electron chi connectivity index (χ1n) is 12.1. The van der Waals surface area contributed by atoms with Gasteiger partial charge in [-0.25, -0.2) is 18.9 Å². The average molecular weight is 645 g/mol. The van der Waals surface area contributed by atoms with Crippen molar-refractivity contribution in [1.82, 2.24) is 30.0 Å². The van der Waals surface area contributed by atoms with E-state index in [0.29, 0.717) is 6.42 Å². The van der Waals surface area contributed by atoms with Crippen molar-refractivity contribution in [2.75, 3.05) is 12.3 Å². The Morgan fingerprint density at radius 3 is 2.49 bits per heavy atom. The fraction of sp³-hybridized carbons (Fsp3) is 0.381. The highest BCUT2D eigenvalue weighted by atomic mass is 32.2. The summed E-state index contributed by atoms with van der Waals surface area (Å²) in [6.07, 6.45) is 0.759. The molecule has 22 heteroatoms. The van der Waals surface area contributed by atoms with Gasteiger partial charge in [0.2, 0.25) is 11.5 Å². The second-order valence-corrected chi connectivity index (χ2v) is 11.5. The molecular weight excluding hydrogens is 620 g/mol. The molecule has 2 aliphatic rings. The summed E-state index contributed by atoms with van der Waals surface area (Å²) in [5.41, 5.74) is 2.35. The van der Waals surface area contributed by atoms with Crippen molar-refractivity contribution in [2.45, 2.75) is 43.5 Å². The minimum atomic E-state index is -5.14. The van der Waals surface area contributed by atoms with Gasteiger partial charge in [0.1, 0.15) is 11.7 Å². The number of rotatable bonds is 11. The molecule has 1 aliphatic heterocycles. The van der Waals surface area contributed by atoms with E-state index in [9.17, 15) is 52.4 Å². The lowest BCUT2D eigenvalue weighted by molar-refractivity contribution is -0.178. The molecule has 0 radical (unpaired) electrons. The Labute approximate surface area is 244 Å². The number of carbonyl (C=O) groups excluding carboxylic acids is 3. The standard InChI is InChI=1S/C21H24N8O12S2/c22-19-25-11(8-42-19)14(27-41-21(18(34)35)2-1-3-21)16(32)26-15-12(29(17(15)33)43(38,39)40)7-24-20(36)23-6-9-4-10(30)5-13(31)28(9)37/h4-5,8,12,15,31,37H,1-3,6-7H2,(H2,22,25)(H,26,32)(H,34,35)(H2,23,24,36)(H,38,39,40)/b27-14-/t12-,15+/m1/s1. The first-order valence-corrected chi connectivity index (χ1v) is 14.4. The predicted octanol–water partition coefficient (Wildman–Crippen LogP) is -2.44. The van der Waals surface area contributed by atoms with Crippen molar-refractivity contribution >= 4 is 56.3 Å². The first kappa shape index (κ1) is 31.0. The smallest absolute Gasteiger partial charge is 0.362 e. The summed E-state index contributed by atoms with van der Waals surface area (Å²) in [5.74, 6) is -4.52. The van der Waals surface area contributed by atoms with Crippen molar-refractivity contribution in [3.05, 3.63) is 39.1 Å². The van der Waals surface area contributed by atoms with Crippen molar-refractivity contribution < 1.29 is 52.4 Å². The molecular formula is C21H24N8O12S2. The number of nitrogen functional groups attached to an aromatic ring is 1. The zero-order chi connectivity index (χ0) is 31.7. The van der Waals surface area contributed by atoms with Crippen molar-refractivity contribution in [3.8, 4) is 5.88 Å². The van der Waals surface area contributed by atoms with Gasteiger partial charge in [-0.15, -0.1) is 11.3 Å². The summed E-state index contributed by atoms with van der Waals surface area (Å²) < 4.78 is 33.4. The highest BCUT2D eigenvalue weighted by molar-refractivity contribution is 7.84. The summed E-state index contributed by atoms with van der Waals surface area (Å²) >= 11 is 0.913. The van der Waals surface area contributed by atoms with Crippen LogP contribution in [0.15, 0.2) is 27.5 Å². The van der Waals surface area contributed by atoms with Crippen LogP contribution in [0.1, 0.15) is 30.7 Å². The Bertz CT molecular complexity index is 1670. The number of aromatic hydroxyl groups is 1. The molecule has 0 unspecified atom stereocenters. The predicted molar refractivity (Wildman–Crippen MR) is 142 cm³/mol. The van der Waals surface area contributed by atoms with E-state index in [1.165, 1.54) is 5.38 Å². The van der Waals surface area contributed by atoms with Crippen molar-refractivity contribution in [3.63, 3.8) is 0 Å². The minimum absolute atomic E-state index is 0.0147. The second-order valence-electron chi connectivity index (χ2n) is 9.30. The topological polar surface area (TPSA) is 305 Å². The van der Waals surface area contributed by atoms with Gasteiger partial charge in [-0.2, -0.15) is 13.1 Å². The van der Waals surface area contributed by atoms with E-state index in [2.05, 4.69) is 26.1 Å². The van der Waals surface area contributed by atoms with Crippen LogP contribution < -0.4 is 27.1 Å². The normalized spacial score (nSPS) is 19.5. The van der Waals surface area contributed by atoms with E-state index in [4.69, 9.17) is 10.6 Å². The fourth-order valence-electron chi connectivity index (χ4n) is 4.11. The summed E-state index contributed by atoms with van der Waals surface area (Å²) in [6, 6.07) is -2.55. The highest BCUT2D eigenvalue weighted by Crippen LogP contribution is 2.36. The van der Waals surface area contributed by atoms with Crippen LogP contribution in [0.25, 0.3) is 0 Å². The fourth-order valence-corrected chi connectivity index (χ4v) is 5.53. The van der Waals surface area contributed by atoms with E-state index in [-0.39, 0.29) is 38.4 Å². The Morgan fingerprint density at radius 1 is 1.23 bits per heavy atom. The van der Waals surface area contributed by atoms with Gasteiger partial charge in [-0.1, -0.05) is 5.16 Å². The first-order chi connectivity index (χ1) is 20.1. The Hall–Kier alpha value is -4.96. The molecule has 4 amide bonds. The van der Waals surface area contributed by atoms with Gasteiger partial charge >= 0.3 is 22.3 Å². The van der Waals surface area contributed by atoms with Gasteiger partial charge in [-0.05, 0) is 6.42 Å². The number of carbonyl (C=O) groups is 4. The Morgan fingerprint density at radius 2 is 1.93 bits per heavy atom. The molecule has 0 spiro atoms. The van der Waals surface area contributed by atoms with E-state index >= 15 is 0 Å². The number of oxime groups is 1. The maximum atomic E-state index is 13.2. The molecule has 232 valence electrons. The number of aliphatic carboxylic acids is 1. The largest absolute Gasteiger partial charge is 0.492 e. The lowest BCUT2D eigenvalue weighted by Crippen LogP contribution is -2.74. The number of carboxylic acid groups (broad SMARTS) is 1. The van der Waals surface area contributed by atoms with E-state index < -0.39 is 81.9 Å². The molecule has 4 rings (SSSR count). The molecule has 0 aromatic carbocycles. The van der Waals surface area contributed by atoms with Gasteiger partial charge in [0.25, 0.3) is 11.8 Å². The van der Waals surface area contributed by atoms with Crippen LogP contribution in [0.3, 0.4) is 0 Å². The Balaban J connectivity index is 1.48. The molecule has 1 aliphatic carbocycles. The number of nitrogens with two attached hydrogens (primary N) is 1. The molecule has 2 atom stereocenters. The number of urea groups is 1. The number of anilines is 1. The maximum Gasteiger partial charge on any atom is 0.362 e. The number of hydrogen-bond donors (Lipinski definition) is 8. The average Bonchev–Trinajstić information content (AvgIpc) is 3.31. The molecule has 0 bridgehead atoms. The van der Waals surface area contributed by atoms with Gasteiger partial charge in [0, 0.05) is 36.9 Å². The molecule has 2 aromatic rings. The highest BCUT2D eigenvalue weighted by Gasteiger charge is 2.54. The summed E-state index contributed by atoms with van der Waals surface area (Å²) in [4.78, 5) is 70.4. The number of aromatic nitrogens is 2. The number of pyridine rings is 1. The molecule has 1 saturated carbocycles. The second kappa shape index (κ2) is 11.7. The third-order valence-corrected chi connectivity index (χ3v) is 8.14. The lowest BCUT2D eigenvalue weighted by Gasteiger charge is -2.44. The number of β-lactam (4-membered cyclic amide) rings is 1. The molecule has 20 nitrogen and oxygen atoms in total. The minimum Gasteiger partial charge on any atom is -0.492 e. The number of carboxylic acids is 1. The monoisotopic (exact) mass is 644 g/mol. The van der Waals surface area contributed by atoms with Crippen LogP contribution in [0.4, 0.5) is 9.93 Å². The quantitative estimate of drug-likeness (QED) is 0.0414. The number of nitrogens with zero attached hydrogens (tertiary/aromatic N) is 4. The molecule has 43 heavy (non-hydrogen) atoms. The summed E-state index contributed by atoms with van der Waals surface area (Å²) in [6.45, 7) is -1.13.